The van der Waals surface area contributed by atoms with Crippen LogP contribution in [-0.2, 0) is 0 Å². The molecule has 0 aromatic carbocycles. The second-order valence-electron chi connectivity index (χ2n) is 5.77. The molecule has 3 heteroatoms. The molecule has 0 radical (unpaired) electrons. The van der Waals surface area contributed by atoms with Gasteiger partial charge in [0.2, 0.25) is 0 Å². The molecule has 1 saturated heterocycles. The van der Waals surface area contributed by atoms with Gasteiger partial charge < -0.3 is 15.7 Å². The highest BCUT2D eigenvalue weighted by Gasteiger charge is 2.24. The van der Waals surface area contributed by atoms with Crippen molar-refractivity contribution in [1.29, 1.82) is 0 Å². The number of rotatable bonds is 4. The summed E-state index contributed by atoms with van der Waals surface area (Å²) in [4.78, 5) is 2.49. The van der Waals surface area contributed by atoms with Gasteiger partial charge in [0.05, 0.1) is 6.61 Å². The van der Waals surface area contributed by atoms with Crippen LogP contribution in [0, 0.1) is 11.8 Å². The largest absolute Gasteiger partial charge is 0.394 e. The molecule has 1 aliphatic heterocycles. The van der Waals surface area contributed by atoms with Crippen LogP contribution in [0.1, 0.15) is 33.6 Å². The highest BCUT2D eigenvalue weighted by molar-refractivity contribution is 4.81. The summed E-state index contributed by atoms with van der Waals surface area (Å²) in [6.07, 6.45) is 2.22. The zero-order valence-electron chi connectivity index (χ0n) is 10.4. The Morgan fingerprint density at radius 1 is 1.33 bits per heavy atom. The molecule has 0 aliphatic carbocycles. The highest BCUT2D eigenvalue weighted by atomic mass is 16.3. The number of nitrogens with two attached hydrogens (primary N) is 1. The molecule has 90 valence electrons. The molecule has 3 unspecified atom stereocenters. The summed E-state index contributed by atoms with van der Waals surface area (Å²) in [5, 5.41) is 9.08. The maximum absolute atomic E-state index is 9.08. The highest BCUT2D eigenvalue weighted by Crippen LogP contribution is 2.21. The standard InChI is InChI=1S/C12H26N2O/c1-10-6-11(2)8-14(7-10)5-4-12(3,13)9-15/h10-11,15H,4-9,13H2,1-3H3. The number of piperidine rings is 1. The van der Waals surface area contributed by atoms with E-state index in [1.54, 1.807) is 0 Å². The van der Waals surface area contributed by atoms with Crippen molar-refractivity contribution in [2.45, 2.75) is 39.2 Å². The van der Waals surface area contributed by atoms with E-state index in [-0.39, 0.29) is 6.61 Å². The first-order chi connectivity index (χ1) is 6.93. The number of hydrogen-bond donors (Lipinski definition) is 2. The van der Waals surface area contributed by atoms with E-state index in [1.165, 1.54) is 19.5 Å². The van der Waals surface area contributed by atoms with Crippen molar-refractivity contribution < 1.29 is 5.11 Å². The van der Waals surface area contributed by atoms with Crippen molar-refractivity contribution in [3.8, 4) is 0 Å². The van der Waals surface area contributed by atoms with Crippen LogP contribution >= 0.6 is 0 Å². The summed E-state index contributed by atoms with van der Waals surface area (Å²) >= 11 is 0. The van der Waals surface area contributed by atoms with Crippen molar-refractivity contribution in [3.63, 3.8) is 0 Å². The van der Waals surface area contributed by atoms with Crippen LogP contribution in [0.4, 0.5) is 0 Å². The minimum atomic E-state index is -0.413. The third kappa shape index (κ3) is 4.49. The van der Waals surface area contributed by atoms with Gasteiger partial charge >= 0.3 is 0 Å². The number of aliphatic hydroxyl groups is 1. The Morgan fingerprint density at radius 2 is 1.87 bits per heavy atom. The van der Waals surface area contributed by atoms with Crippen molar-refractivity contribution in [2.24, 2.45) is 17.6 Å². The van der Waals surface area contributed by atoms with E-state index in [2.05, 4.69) is 18.7 Å². The fourth-order valence-corrected chi connectivity index (χ4v) is 2.47. The molecule has 0 aromatic rings. The average Bonchev–Trinajstić information content (AvgIpc) is 2.14. The SMILES string of the molecule is CC1CC(C)CN(CCC(C)(N)CO)C1. The van der Waals surface area contributed by atoms with Gasteiger partial charge in [-0.3, -0.25) is 0 Å². The van der Waals surface area contributed by atoms with Crippen LogP contribution in [0.3, 0.4) is 0 Å². The van der Waals surface area contributed by atoms with E-state index in [4.69, 9.17) is 10.8 Å². The molecule has 3 N–H and O–H groups in total. The molecule has 1 fully saturated rings. The lowest BCUT2D eigenvalue weighted by molar-refractivity contribution is 0.119. The van der Waals surface area contributed by atoms with Crippen LogP contribution in [-0.4, -0.2) is 41.8 Å². The summed E-state index contributed by atoms with van der Waals surface area (Å²) in [5.41, 5.74) is 5.51. The summed E-state index contributed by atoms with van der Waals surface area (Å²) < 4.78 is 0. The molecule has 0 spiro atoms. The van der Waals surface area contributed by atoms with E-state index < -0.39 is 5.54 Å². The maximum atomic E-state index is 9.08. The molecule has 0 bridgehead atoms. The number of aliphatic hydroxyl groups excluding tert-OH is 1. The summed E-state index contributed by atoms with van der Waals surface area (Å²) in [6, 6.07) is 0. The van der Waals surface area contributed by atoms with Gasteiger partial charge in [0, 0.05) is 18.6 Å². The zero-order chi connectivity index (χ0) is 11.5. The minimum absolute atomic E-state index is 0.0753. The van der Waals surface area contributed by atoms with Crippen molar-refractivity contribution in [1.82, 2.24) is 4.90 Å². The molecular formula is C12H26N2O. The lowest BCUT2D eigenvalue weighted by Crippen LogP contribution is -2.46. The Kier molecular flexibility index (Phi) is 4.56. The van der Waals surface area contributed by atoms with Gasteiger partial charge in [-0.1, -0.05) is 13.8 Å². The quantitative estimate of drug-likeness (QED) is 0.736. The Morgan fingerprint density at radius 3 is 2.33 bits per heavy atom. The molecule has 1 heterocycles. The van der Waals surface area contributed by atoms with Gasteiger partial charge in [0.15, 0.2) is 0 Å². The molecule has 0 amide bonds. The second kappa shape index (κ2) is 5.28. The first-order valence-electron chi connectivity index (χ1n) is 6.05. The summed E-state index contributed by atoms with van der Waals surface area (Å²) in [5.74, 6) is 1.60. The fourth-order valence-electron chi connectivity index (χ4n) is 2.47. The zero-order valence-corrected chi connectivity index (χ0v) is 10.4. The van der Waals surface area contributed by atoms with Crippen LogP contribution < -0.4 is 5.73 Å². The topological polar surface area (TPSA) is 49.5 Å². The molecule has 3 nitrogen and oxygen atoms in total. The molecule has 1 rings (SSSR count). The first kappa shape index (κ1) is 12.9. The lowest BCUT2D eigenvalue weighted by Gasteiger charge is -2.36. The fraction of sp³-hybridized carbons (Fsp3) is 1.00. The van der Waals surface area contributed by atoms with Gasteiger partial charge in [-0.15, -0.1) is 0 Å². The lowest BCUT2D eigenvalue weighted by atomic mass is 9.91. The van der Waals surface area contributed by atoms with Crippen LogP contribution in [0.15, 0.2) is 0 Å². The Labute approximate surface area is 93.6 Å². The normalized spacial score (nSPS) is 32.6. The number of nitrogens with zero attached hydrogens (tertiary/aromatic N) is 1. The molecule has 1 aliphatic rings. The number of hydrogen-bond acceptors (Lipinski definition) is 3. The van der Waals surface area contributed by atoms with E-state index in [0.29, 0.717) is 0 Å². The molecule has 0 aromatic heterocycles. The maximum Gasteiger partial charge on any atom is 0.0608 e. The third-order valence-corrected chi connectivity index (χ3v) is 3.30. The van der Waals surface area contributed by atoms with Crippen LogP contribution in [0.25, 0.3) is 0 Å². The Hall–Kier alpha value is -0.120. The molecular weight excluding hydrogens is 188 g/mol. The monoisotopic (exact) mass is 214 g/mol. The van der Waals surface area contributed by atoms with Gasteiger partial charge in [-0.05, 0) is 38.1 Å². The van der Waals surface area contributed by atoms with E-state index in [1.807, 2.05) is 6.92 Å². The third-order valence-electron chi connectivity index (χ3n) is 3.30. The molecule has 0 saturated carbocycles. The smallest absolute Gasteiger partial charge is 0.0608 e. The van der Waals surface area contributed by atoms with Gasteiger partial charge in [-0.25, -0.2) is 0 Å². The van der Waals surface area contributed by atoms with Gasteiger partial charge in [0.1, 0.15) is 0 Å². The first-order valence-corrected chi connectivity index (χ1v) is 6.05. The predicted molar refractivity (Wildman–Crippen MR) is 63.7 cm³/mol. The minimum Gasteiger partial charge on any atom is -0.394 e. The predicted octanol–water partition coefficient (Wildman–Crippen LogP) is 1.06. The van der Waals surface area contributed by atoms with Crippen LogP contribution in [0.5, 0.6) is 0 Å². The van der Waals surface area contributed by atoms with Gasteiger partial charge in [0.25, 0.3) is 0 Å². The Bertz CT molecular complexity index is 184. The van der Waals surface area contributed by atoms with E-state index in [0.717, 1.165) is 24.8 Å². The van der Waals surface area contributed by atoms with Gasteiger partial charge in [-0.2, -0.15) is 0 Å². The van der Waals surface area contributed by atoms with E-state index >= 15 is 0 Å². The van der Waals surface area contributed by atoms with E-state index in [9.17, 15) is 0 Å². The summed E-state index contributed by atoms with van der Waals surface area (Å²) in [6.45, 7) is 10.0. The van der Waals surface area contributed by atoms with Crippen LogP contribution in [0.2, 0.25) is 0 Å². The van der Waals surface area contributed by atoms with Crippen molar-refractivity contribution in [2.75, 3.05) is 26.2 Å². The summed E-state index contributed by atoms with van der Waals surface area (Å²) in [7, 11) is 0. The molecule has 15 heavy (non-hydrogen) atoms. The Balaban J connectivity index is 2.32. The average molecular weight is 214 g/mol. The number of likely N-dealkylation sites (tertiary alicyclic amines) is 1. The second-order valence-corrected chi connectivity index (χ2v) is 5.77. The van der Waals surface area contributed by atoms with Crippen molar-refractivity contribution >= 4 is 0 Å². The van der Waals surface area contributed by atoms with Crippen molar-refractivity contribution in [3.05, 3.63) is 0 Å². The molecule has 3 atom stereocenters.